The molecule has 0 unspecified atom stereocenters. The monoisotopic (exact) mass is 272 g/mol. The summed E-state index contributed by atoms with van der Waals surface area (Å²) >= 11 is 0. The smallest absolute Gasteiger partial charge is 0.335 e. The topological polar surface area (TPSA) is 121 Å². The zero-order chi connectivity index (χ0) is 15.4. The van der Waals surface area contributed by atoms with Crippen molar-refractivity contribution in [3.8, 4) is 0 Å². The molecule has 106 valence electrons. The zero-order valence-corrected chi connectivity index (χ0v) is 10.5. The molecule has 7 nitrogen and oxygen atoms in total. The van der Waals surface area contributed by atoms with Gasteiger partial charge in [-0.05, 0) is 13.0 Å². The van der Waals surface area contributed by atoms with Crippen LogP contribution in [0.2, 0.25) is 0 Å². The molecule has 0 heterocycles. The summed E-state index contributed by atoms with van der Waals surface area (Å²) in [7, 11) is 0. The van der Waals surface area contributed by atoms with Crippen LogP contribution in [0.4, 0.5) is 0 Å². The van der Waals surface area contributed by atoms with E-state index in [1.54, 1.807) is 0 Å². The molecule has 0 radical (unpaired) electrons. The van der Waals surface area contributed by atoms with E-state index in [-0.39, 0.29) is 24.4 Å². The van der Waals surface area contributed by atoms with E-state index in [0.29, 0.717) is 0 Å². The molecule has 7 heteroatoms. The highest BCUT2D eigenvalue weighted by atomic mass is 16.5. The molecule has 0 aromatic rings. The Morgan fingerprint density at radius 1 is 1.21 bits per heavy atom. The summed E-state index contributed by atoms with van der Waals surface area (Å²) in [5.74, 6) is -2.86. The Morgan fingerprint density at radius 3 is 2.05 bits per heavy atom. The fraction of sp³-hybridized carbons (Fsp3) is 0.250. The molecule has 0 saturated carbocycles. The average molecular weight is 272 g/mol. The predicted molar refractivity (Wildman–Crippen MR) is 66.4 cm³/mol. The number of ether oxygens (including phenoxy) is 1. The van der Waals surface area contributed by atoms with Crippen molar-refractivity contribution in [3.05, 3.63) is 36.5 Å². The summed E-state index contributed by atoms with van der Waals surface area (Å²) in [4.78, 5) is 30.4. The Morgan fingerprint density at radius 2 is 1.74 bits per heavy atom. The highest BCUT2D eigenvalue weighted by Gasteiger charge is 2.04. The first-order chi connectivity index (χ1) is 8.76. The van der Waals surface area contributed by atoms with Gasteiger partial charge < -0.3 is 20.1 Å². The van der Waals surface area contributed by atoms with Gasteiger partial charge in [0.15, 0.2) is 0 Å². The van der Waals surface area contributed by atoms with E-state index in [1.807, 2.05) is 0 Å². The van der Waals surface area contributed by atoms with Crippen LogP contribution in [-0.2, 0) is 19.1 Å². The van der Waals surface area contributed by atoms with E-state index in [9.17, 15) is 14.4 Å². The second kappa shape index (κ2) is 10.7. The molecule has 0 aromatic carbocycles. The van der Waals surface area contributed by atoms with Crippen molar-refractivity contribution in [2.75, 3.05) is 13.2 Å². The Kier molecular flexibility index (Phi) is 10.7. The molecule has 0 aliphatic carbocycles. The van der Waals surface area contributed by atoms with Gasteiger partial charge in [-0.2, -0.15) is 0 Å². The van der Waals surface area contributed by atoms with Gasteiger partial charge in [0.25, 0.3) is 0 Å². The highest BCUT2D eigenvalue weighted by molar-refractivity contribution is 5.93. The van der Waals surface area contributed by atoms with E-state index < -0.39 is 17.9 Å². The number of aliphatic hydroxyl groups is 1. The van der Waals surface area contributed by atoms with E-state index in [1.165, 1.54) is 6.92 Å². The maximum Gasteiger partial charge on any atom is 0.335 e. The minimum atomic E-state index is -1.22. The standard InChI is InChI=1S/C7H8O4.C5H8O3/c1-4(6(8)9)3-5(2)7(10)11;1-2-5(7)8-4-3-6/h3H,1H2,2H3,(H,8,9)(H,10,11);2,6H,1,3-4H2. The lowest BCUT2D eigenvalue weighted by Gasteiger charge is -1.94. The minimum Gasteiger partial charge on any atom is -0.478 e. The highest BCUT2D eigenvalue weighted by Crippen LogP contribution is 1.99. The summed E-state index contributed by atoms with van der Waals surface area (Å²) < 4.78 is 4.33. The Bertz CT molecular complexity index is 393. The van der Waals surface area contributed by atoms with Gasteiger partial charge in [0.2, 0.25) is 0 Å². The van der Waals surface area contributed by atoms with Crippen LogP contribution < -0.4 is 0 Å². The first-order valence-electron chi connectivity index (χ1n) is 5.00. The van der Waals surface area contributed by atoms with Gasteiger partial charge in [0.05, 0.1) is 12.2 Å². The Labute approximate surface area is 110 Å². The molecular formula is C12H16O7. The number of carbonyl (C=O) groups excluding carboxylic acids is 1. The Hall–Kier alpha value is -2.41. The molecule has 0 amide bonds. The first kappa shape index (κ1) is 18.9. The predicted octanol–water partition coefficient (Wildman–Crippen LogP) is 0.366. The minimum absolute atomic E-state index is 0.0441. The molecule has 0 fully saturated rings. The van der Waals surface area contributed by atoms with Crippen LogP contribution in [0, 0.1) is 0 Å². The van der Waals surface area contributed by atoms with Gasteiger partial charge >= 0.3 is 17.9 Å². The number of hydrogen-bond acceptors (Lipinski definition) is 5. The first-order valence-corrected chi connectivity index (χ1v) is 5.00. The lowest BCUT2D eigenvalue weighted by atomic mass is 10.2. The maximum absolute atomic E-state index is 10.2. The molecule has 0 aromatic heterocycles. The molecule has 0 spiro atoms. The third-order valence-electron chi connectivity index (χ3n) is 1.51. The van der Waals surface area contributed by atoms with Gasteiger partial charge in [-0.25, -0.2) is 14.4 Å². The summed E-state index contributed by atoms with van der Waals surface area (Å²) in [5, 5.41) is 24.7. The number of carboxylic acid groups (broad SMARTS) is 2. The largest absolute Gasteiger partial charge is 0.478 e. The van der Waals surface area contributed by atoms with Crippen LogP contribution >= 0.6 is 0 Å². The molecule has 0 atom stereocenters. The van der Waals surface area contributed by atoms with Crippen molar-refractivity contribution >= 4 is 17.9 Å². The van der Waals surface area contributed by atoms with E-state index in [2.05, 4.69) is 17.9 Å². The number of carbonyl (C=O) groups is 3. The molecule has 0 rings (SSSR count). The van der Waals surface area contributed by atoms with Crippen LogP contribution in [0.5, 0.6) is 0 Å². The van der Waals surface area contributed by atoms with Gasteiger partial charge in [-0.15, -0.1) is 0 Å². The molecule has 0 aliphatic rings. The SMILES string of the molecule is C=C(C=C(C)C(=O)O)C(=O)O.C=CC(=O)OCCO. The zero-order valence-electron chi connectivity index (χ0n) is 10.5. The second-order valence-electron chi connectivity index (χ2n) is 3.06. The molecule has 0 aliphatic heterocycles. The van der Waals surface area contributed by atoms with Crippen LogP contribution in [-0.4, -0.2) is 46.4 Å². The molecular weight excluding hydrogens is 256 g/mol. The molecule has 3 N–H and O–H groups in total. The number of hydrogen-bond donors (Lipinski definition) is 3. The van der Waals surface area contributed by atoms with Gasteiger partial charge in [0, 0.05) is 11.6 Å². The lowest BCUT2D eigenvalue weighted by molar-refractivity contribution is -0.138. The van der Waals surface area contributed by atoms with Crippen molar-refractivity contribution in [1.29, 1.82) is 0 Å². The third kappa shape index (κ3) is 11.8. The van der Waals surface area contributed by atoms with E-state index in [4.69, 9.17) is 15.3 Å². The van der Waals surface area contributed by atoms with Crippen molar-refractivity contribution in [2.45, 2.75) is 6.92 Å². The van der Waals surface area contributed by atoms with Crippen molar-refractivity contribution in [2.24, 2.45) is 0 Å². The molecule has 19 heavy (non-hydrogen) atoms. The normalized spacial score (nSPS) is 9.68. The Balaban J connectivity index is 0. The van der Waals surface area contributed by atoms with Crippen LogP contribution in [0.1, 0.15) is 6.92 Å². The summed E-state index contributed by atoms with van der Waals surface area (Å²) in [5.41, 5.74) is -0.276. The van der Waals surface area contributed by atoms with Gasteiger partial charge in [0.1, 0.15) is 6.61 Å². The molecule has 0 saturated heterocycles. The fourth-order valence-corrected chi connectivity index (χ4v) is 0.590. The summed E-state index contributed by atoms with van der Waals surface area (Å²) in [6.45, 7) is 7.50. The summed E-state index contributed by atoms with van der Waals surface area (Å²) in [6.07, 6.45) is 2.06. The van der Waals surface area contributed by atoms with Gasteiger partial charge in [-0.1, -0.05) is 13.2 Å². The number of aliphatic hydroxyl groups excluding tert-OH is 1. The lowest BCUT2D eigenvalue weighted by Crippen LogP contribution is -2.04. The van der Waals surface area contributed by atoms with Crippen molar-refractivity contribution in [3.63, 3.8) is 0 Å². The van der Waals surface area contributed by atoms with Crippen LogP contribution in [0.25, 0.3) is 0 Å². The summed E-state index contributed by atoms with van der Waals surface area (Å²) in [6, 6.07) is 0. The maximum atomic E-state index is 10.2. The number of aliphatic carboxylic acids is 2. The third-order valence-corrected chi connectivity index (χ3v) is 1.51. The fourth-order valence-electron chi connectivity index (χ4n) is 0.590. The van der Waals surface area contributed by atoms with Crippen LogP contribution in [0.3, 0.4) is 0 Å². The second-order valence-corrected chi connectivity index (χ2v) is 3.06. The van der Waals surface area contributed by atoms with Crippen molar-refractivity contribution < 1.29 is 34.4 Å². The van der Waals surface area contributed by atoms with Crippen LogP contribution in [0.15, 0.2) is 36.5 Å². The van der Waals surface area contributed by atoms with E-state index in [0.717, 1.165) is 12.2 Å². The quantitative estimate of drug-likeness (QED) is 0.362. The number of carboxylic acids is 2. The van der Waals surface area contributed by atoms with E-state index >= 15 is 0 Å². The van der Waals surface area contributed by atoms with Gasteiger partial charge in [-0.3, -0.25) is 0 Å². The number of rotatable bonds is 6. The van der Waals surface area contributed by atoms with Crippen molar-refractivity contribution in [1.82, 2.24) is 0 Å². The molecule has 0 bridgehead atoms. The number of esters is 1. The average Bonchev–Trinajstić information content (AvgIpc) is 2.36.